The number of thiophene rings is 1. The van der Waals surface area contributed by atoms with Gasteiger partial charge >= 0.3 is 18.1 Å². The summed E-state index contributed by atoms with van der Waals surface area (Å²) in [6.45, 7) is 4.10. The first-order chi connectivity index (χ1) is 14.4. The molecule has 0 saturated carbocycles. The number of aromatic nitrogens is 2. The molecule has 8 nitrogen and oxygen atoms in total. The number of rotatable bonds is 7. The van der Waals surface area contributed by atoms with Gasteiger partial charge in [-0.1, -0.05) is 18.5 Å². The maximum Gasteiger partial charge on any atom is 0.436 e. The van der Waals surface area contributed by atoms with Gasteiger partial charge in [0.25, 0.3) is 0 Å². The van der Waals surface area contributed by atoms with Gasteiger partial charge in [-0.15, -0.1) is 11.3 Å². The van der Waals surface area contributed by atoms with Crippen LogP contribution in [-0.2, 0) is 27.0 Å². The molecule has 0 saturated heterocycles. The molecule has 2 aromatic rings. The van der Waals surface area contributed by atoms with Crippen molar-refractivity contribution in [1.82, 2.24) is 9.78 Å². The third-order valence-corrected chi connectivity index (χ3v) is 5.75. The van der Waals surface area contributed by atoms with Crippen LogP contribution in [0.5, 0.6) is 0 Å². The summed E-state index contributed by atoms with van der Waals surface area (Å²) >= 11 is 6.48. The largest absolute Gasteiger partial charge is 0.465 e. The van der Waals surface area contributed by atoms with Crippen molar-refractivity contribution in [3.8, 4) is 0 Å². The number of hydrogen-bond donors (Lipinski definition) is 1. The van der Waals surface area contributed by atoms with Crippen molar-refractivity contribution in [3.63, 3.8) is 0 Å². The number of carbonyl (C=O) groups is 3. The summed E-state index contributed by atoms with van der Waals surface area (Å²) in [7, 11) is 1.16. The van der Waals surface area contributed by atoms with Crippen molar-refractivity contribution in [2.45, 2.75) is 39.9 Å². The Morgan fingerprint density at radius 2 is 1.87 bits per heavy atom. The van der Waals surface area contributed by atoms with Gasteiger partial charge in [0.1, 0.15) is 16.4 Å². The van der Waals surface area contributed by atoms with Crippen LogP contribution in [0.25, 0.3) is 0 Å². The molecule has 1 N–H and O–H groups in total. The molecule has 0 atom stereocenters. The highest BCUT2D eigenvalue weighted by molar-refractivity contribution is 7.18. The molecule has 1 amide bonds. The van der Waals surface area contributed by atoms with E-state index >= 15 is 0 Å². The van der Waals surface area contributed by atoms with Gasteiger partial charge in [0.15, 0.2) is 5.69 Å². The van der Waals surface area contributed by atoms with E-state index < -0.39 is 41.3 Å². The SMILES string of the molecule is CCCOC(=O)c1c(NC(=O)Cn2nc(C(F)(F)F)c(Cl)c2C)sc(C(=O)OC)c1C. The van der Waals surface area contributed by atoms with Gasteiger partial charge in [-0.2, -0.15) is 18.3 Å². The van der Waals surface area contributed by atoms with Crippen LogP contribution in [0.4, 0.5) is 18.2 Å². The zero-order valence-electron chi connectivity index (χ0n) is 17.0. The average Bonchev–Trinajstić information content (AvgIpc) is 3.16. The number of esters is 2. The highest BCUT2D eigenvalue weighted by Gasteiger charge is 2.38. The number of nitrogens with one attached hydrogen (secondary N) is 1. The summed E-state index contributed by atoms with van der Waals surface area (Å²) in [6, 6.07) is 0. The summed E-state index contributed by atoms with van der Waals surface area (Å²) < 4.78 is 49.5. The Kier molecular flexibility index (Phi) is 7.71. The summed E-state index contributed by atoms with van der Waals surface area (Å²) in [5, 5.41) is 5.20. The quantitative estimate of drug-likeness (QED) is 0.594. The molecule has 13 heteroatoms. The number of ether oxygens (including phenoxy) is 2. The van der Waals surface area contributed by atoms with E-state index in [0.29, 0.717) is 6.42 Å². The van der Waals surface area contributed by atoms with Crippen LogP contribution >= 0.6 is 22.9 Å². The first-order valence-electron chi connectivity index (χ1n) is 8.91. The number of alkyl halides is 3. The molecule has 0 unspecified atom stereocenters. The Morgan fingerprint density at radius 1 is 1.23 bits per heavy atom. The van der Waals surface area contributed by atoms with E-state index in [1.165, 1.54) is 13.8 Å². The van der Waals surface area contributed by atoms with Crippen LogP contribution in [0.2, 0.25) is 5.02 Å². The number of anilines is 1. The molecule has 0 aliphatic carbocycles. The molecule has 170 valence electrons. The van der Waals surface area contributed by atoms with Crippen molar-refractivity contribution in [2.24, 2.45) is 0 Å². The van der Waals surface area contributed by atoms with Crippen LogP contribution in [0.3, 0.4) is 0 Å². The zero-order chi connectivity index (χ0) is 23.5. The minimum atomic E-state index is -4.78. The van der Waals surface area contributed by atoms with Crippen LogP contribution in [0, 0.1) is 13.8 Å². The lowest BCUT2D eigenvalue weighted by molar-refractivity contribution is -0.141. The fourth-order valence-corrected chi connectivity index (χ4v) is 3.93. The van der Waals surface area contributed by atoms with Crippen LogP contribution in [0.15, 0.2) is 0 Å². The van der Waals surface area contributed by atoms with E-state index in [1.807, 2.05) is 0 Å². The molecule has 0 spiro atoms. The fourth-order valence-electron chi connectivity index (χ4n) is 2.56. The Hall–Kier alpha value is -2.60. The third-order valence-electron chi connectivity index (χ3n) is 4.11. The normalized spacial score (nSPS) is 11.4. The van der Waals surface area contributed by atoms with E-state index in [0.717, 1.165) is 23.1 Å². The monoisotopic (exact) mass is 481 g/mol. The topological polar surface area (TPSA) is 99.5 Å². The third kappa shape index (κ3) is 5.37. The number of nitrogens with zero attached hydrogens (tertiary/aromatic N) is 2. The van der Waals surface area contributed by atoms with Crippen molar-refractivity contribution >= 4 is 45.8 Å². The van der Waals surface area contributed by atoms with Gasteiger partial charge < -0.3 is 14.8 Å². The predicted molar refractivity (Wildman–Crippen MR) is 107 cm³/mol. The smallest absolute Gasteiger partial charge is 0.436 e. The molecule has 0 radical (unpaired) electrons. The van der Waals surface area contributed by atoms with Crippen molar-refractivity contribution in [1.29, 1.82) is 0 Å². The number of halogens is 4. The van der Waals surface area contributed by atoms with Crippen LogP contribution in [-0.4, -0.2) is 41.3 Å². The van der Waals surface area contributed by atoms with Gasteiger partial charge in [-0.25, -0.2) is 9.59 Å². The van der Waals surface area contributed by atoms with Gasteiger partial charge in [0.05, 0.1) is 30.0 Å². The molecular formula is C18H19ClF3N3O5S. The van der Waals surface area contributed by atoms with Crippen molar-refractivity contribution in [2.75, 3.05) is 19.0 Å². The van der Waals surface area contributed by atoms with Crippen LogP contribution in [0.1, 0.15) is 50.3 Å². The van der Waals surface area contributed by atoms with Gasteiger partial charge in [-0.3, -0.25) is 9.48 Å². The van der Waals surface area contributed by atoms with Gasteiger partial charge in [0.2, 0.25) is 5.91 Å². The number of carbonyl (C=O) groups excluding carboxylic acids is 3. The molecule has 2 heterocycles. The second-order valence-electron chi connectivity index (χ2n) is 6.34. The summed E-state index contributed by atoms with van der Waals surface area (Å²) in [5.74, 6) is -2.24. The fraction of sp³-hybridized carbons (Fsp3) is 0.444. The standard InChI is InChI=1S/C18H19ClF3N3O5S/c1-5-6-30-16(27)11-8(2)13(17(28)29-4)31-15(11)23-10(26)7-25-9(3)12(19)14(24-25)18(20,21)22/h5-7H2,1-4H3,(H,23,26). The molecule has 2 aromatic heterocycles. The highest BCUT2D eigenvalue weighted by Crippen LogP contribution is 2.36. The van der Waals surface area contributed by atoms with Crippen molar-refractivity contribution in [3.05, 3.63) is 32.4 Å². The molecule has 0 fully saturated rings. The lowest BCUT2D eigenvalue weighted by atomic mass is 10.1. The summed E-state index contributed by atoms with van der Waals surface area (Å²) in [5.41, 5.74) is -1.13. The molecule has 31 heavy (non-hydrogen) atoms. The number of methoxy groups -OCH3 is 1. The maximum absolute atomic E-state index is 13.0. The second kappa shape index (κ2) is 9.69. The lowest BCUT2D eigenvalue weighted by Crippen LogP contribution is -2.21. The molecule has 2 rings (SSSR count). The predicted octanol–water partition coefficient (Wildman–Crippen LogP) is 4.23. The number of hydrogen-bond acceptors (Lipinski definition) is 7. The zero-order valence-corrected chi connectivity index (χ0v) is 18.5. The van der Waals surface area contributed by atoms with Gasteiger partial charge in [0, 0.05) is 0 Å². The molecular weight excluding hydrogens is 463 g/mol. The maximum atomic E-state index is 13.0. The van der Waals surface area contributed by atoms with E-state index in [1.54, 1.807) is 6.92 Å². The molecule has 0 aliphatic rings. The second-order valence-corrected chi connectivity index (χ2v) is 7.74. The van der Waals surface area contributed by atoms with E-state index in [9.17, 15) is 27.6 Å². The average molecular weight is 482 g/mol. The molecule has 0 aromatic carbocycles. The summed E-state index contributed by atoms with van der Waals surface area (Å²) in [6.07, 6.45) is -4.22. The molecule has 0 bridgehead atoms. The minimum absolute atomic E-state index is 0.0101. The lowest BCUT2D eigenvalue weighted by Gasteiger charge is -2.08. The first kappa shape index (κ1) is 24.7. The van der Waals surface area contributed by atoms with Crippen molar-refractivity contribution < 1.29 is 37.0 Å². The Bertz CT molecular complexity index is 1020. The Morgan fingerprint density at radius 3 is 2.39 bits per heavy atom. The Balaban J connectivity index is 2.34. The highest BCUT2D eigenvalue weighted by atomic mass is 35.5. The van der Waals surface area contributed by atoms with E-state index in [2.05, 4.69) is 15.2 Å². The molecule has 0 aliphatic heterocycles. The Labute approximate surface area is 184 Å². The number of amides is 1. The minimum Gasteiger partial charge on any atom is -0.465 e. The first-order valence-corrected chi connectivity index (χ1v) is 10.1. The summed E-state index contributed by atoms with van der Waals surface area (Å²) in [4.78, 5) is 37.0. The van der Waals surface area contributed by atoms with E-state index in [-0.39, 0.29) is 33.3 Å². The van der Waals surface area contributed by atoms with Crippen LogP contribution < -0.4 is 5.32 Å². The van der Waals surface area contributed by atoms with E-state index in [4.69, 9.17) is 16.3 Å². The van der Waals surface area contributed by atoms with Gasteiger partial charge in [-0.05, 0) is 25.8 Å².